The Morgan fingerprint density at radius 3 is 2.55 bits per heavy atom. The molecule has 2 rings (SSSR count). The molecule has 0 aromatic heterocycles. The summed E-state index contributed by atoms with van der Waals surface area (Å²) >= 11 is 3.27. The summed E-state index contributed by atoms with van der Waals surface area (Å²) in [5.74, 6) is 0.910. The first-order valence-corrected chi connectivity index (χ1v) is 4.75. The Bertz CT molecular complexity index is 209. The van der Waals surface area contributed by atoms with Crippen molar-refractivity contribution in [1.82, 2.24) is 0 Å². The second-order valence-electron chi connectivity index (χ2n) is 3.66. The molecule has 0 aliphatic heterocycles. The molecule has 2 aliphatic carbocycles. The number of hydrogen-bond acceptors (Lipinski definition) is 2. The zero-order valence-electron chi connectivity index (χ0n) is 6.12. The summed E-state index contributed by atoms with van der Waals surface area (Å²) in [4.78, 5) is 10.5. The van der Waals surface area contributed by atoms with E-state index in [1.54, 1.807) is 0 Å². The van der Waals surface area contributed by atoms with Crippen LogP contribution in [0.25, 0.3) is 0 Å². The molecule has 11 heavy (non-hydrogen) atoms. The van der Waals surface area contributed by atoms with Gasteiger partial charge in [-0.3, -0.25) is 10.1 Å². The molecule has 2 aliphatic rings. The third kappa shape index (κ3) is 0.916. The third-order valence-corrected chi connectivity index (χ3v) is 4.31. The zero-order valence-corrected chi connectivity index (χ0v) is 7.71. The molecule has 0 heterocycles. The van der Waals surface area contributed by atoms with E-state index >= 15 is 0 Å². The molecule has 2 fully saturated rings. The SMILES string of the molecule is O=[N+]([O-])C1(Br)CC2CCC1C2. The molecule has 3 atom stereocenters. The standard InChI is InChI=1S/C7H10BrNO2/c8-7(9(10)11)4-5-1-2-6(7)3-5/h5-6H,1-4H2. The lowest BCUT2D eigenvalue weighted by Crippen LogP contribution is -2.36. The Kier molecular flexibility index (Phi) is 1.50. The number of hydrogen-bond donors (Lipinski definition) is 0. The van der Waals surface area contributed by atoms with Gasteiger partial charge in [-0.15, -0.1) is 0 Å². The van der Waals surface area contributed by atoms with E-state index < -0.39 is 4.45 Å². The van der Waals surface area contributed by atoms with Crippen LogP contribution < -0.4 is 0 Å². The lowest BCUT2D eigenvalue weighted by atomic mass is 9.96. The highest BCUT2D eigenvalue weighted by atomic mass is 79.9. The average molecular weight is 220 g/mol. The number of nitrogens with zero attached hydrogens (tertiary/aromatic N) is 1. The number of fused-ring (bicyclic) bond motifs is 2. The summed E-state index contributed by atoms with van der Waals surface area (Å²) in [7, 11) is 0. The highest BCUT2D eigenvalue weighted by Gasteiger charge is 2.58. The summed E-state index contributed by atoms with van der Waals surface area (Å²) in [6, 6.07) is 0. The van der Waals surface area contributed by atoms with Crippen LogP contribution in [0.4, 0.5) is 0 Å². The molecule has 2 bridgehead atoms. The maximum Gasteiger partial charge on any atom is 0.277 e. The molecule has 0 spiro atoms. The van der Waals surface area contributed by atoms with Crippen LogP contribution in [0.15, 0.2) is 0 Å². The van der Waals surface area contributed by atoms with E-state index in [-0.39, 0.29) is 4.92 Å². The van der Waals surface area contributed by atoms with Crippen molar-refractivity contribution in [3.63, 3.8) is 0 Å². The Labute approximate surface area is 73.4 Å². The number of alkyl halides is 1. The van der Waals surface area contributed by atoms with Gasteiger partial charge in [0.2, 0.25) is 0 Å². The predicted molar refractivity (Wildman–Crippen MR) is 44.1 cm³/mol. The normalized spacial score (nSPS) is 48.1. The van der Waals surface area contributed by atoms with Crippen LogP contribution in [0.1, 0.15) is 25.7 Å². The molecular formula is C7H10BrNO2. The summed E-state index contributed by atoms with van der Waals surface area (Å²) in [6.45, 7) is 0. The fourth-order valence-electron chi connectivity index (χ4n) is 2.46. The minimum Gasteiger partial charge on any atom is -0.263 e. The van der Waals surface area contributed by atoms with Crippen LogP contribution in [0.2, 0.25) is 0 Å². The van der Waals surface area contributed by atoms with Crippen molar-refractivity contribution in [3.05, 3.63) is 10.1 Å². The quantitative estimate of drug-likeness (QED) is 0.294. The lowest BCUT2D eigenvalue weighted by molar-refractivity contribution is -0.544. The summed E-state index contributed by atoms with van der Waals surface area (Å²) in [5.41, 5.74) is 0. The van der Waals surface area contributed by atoms with Gasteiger partial charge < -0.3 is 0 Å². The van der Waals surface area contributed by atoms with Gasteiger partial charge in [-0.25, -0.2) is 0 Å². The fraction of sp³-hybridized carbons (Fsp3) is 1.00. The van der Waals surface area contributed by atoms with Gasteiger partial charge in [-0.2, -0.15) is 0 Å². The van der Waals surface area contributed by atoms with E-state index in [1.165, 1.54) is 6.42 Å². The molecule has 62 valence electrons. The van der Waals surface area contributed by atoms with E-state index in [0.29, 0.717) is 11.8 Å². The van der Waals surface area contributed by atoms with Gasteiger partial charge in [0.05, 0.1) is 0 Å². The van der Waals surface area contributed by atoms with Crippen molar-refractivity contribution in [1.29, 1.82) is 0 Å². The van der Waals surface area contributed by atoms with E-state index in [0.717, 1.165) is 19.3 Å². The van der Waals surface area contributed by atoms with Crippen molar-refractivity contribution >= 4 is 15.9 Å². The number of nitro groups is 1. The zero-order chi connectivity index (χ0) is 8.06. The topological polar surface area (TPSA) is 43.1 Å². The second-order valence-corrected chi connectivity index (χ2v) is 5.03. The summed E-state index contributed by atoms with van der Waals surface area (Å²) in [6.07, 6.45) is 4.04. The van der Waals surface area contributed by atoms with Crippen LogP contribution in [0.5, 0.6) is 0 Å². The molecule has 4 heteroatoms. The molecule has 0 radical (unpaired) electrons. The van der Waals surface area contributed by atoms with E-state index in [2.05, 4.69) is 15.9 Å². The first-order valence-electron chi connectivity index (χ1n) is 3.96. The van der Waals surface area contributed by atoms with Gasteiger partial charge in [-0.05, 0) is 25.2 Å². The largest absolute Gasteiger partial charge is 0.277 e. The maximum absolute atomic E-state index is 10.7. The van der Waals surface area contributed by atoms with Crippen molar-refractivity contribution < 1.29 is 4.92 Å². The molecule has 0 aromatic rings. The highest BCUT2D eigenvalue weighted by Crippen LogP contribution is 2.55. The molecule has 0 saturated heterocycles. The van der Waals surface area contributed by atoms with Crippen LogP contribution in [0, 0.1) is 22.0 Å². The Balaban J connectivity index is 2.23. The van der Waals surface area contributed by atoms with Gasteiger partial charge in [-0.1, -0.05) is 0 Å². The smallest absolute Gasteiger partial charge is 0.263 e. The van der Waals surface area contributed by atoms with Gasteiger partial charge in [0, 0.05) is 33.2 Å². The van der Waals surface area contributed by atoms with Crippen molar-refractivity contribution in [3.8, 4) is 0 Å². The first kappa shape index (κ1) is 7.53. The molecule has 3 nitrogen and oxygen atoms in total. The van der Waals surface area contributed by atoms with E-state index in [9.17, 15) is 10.1 Å². The number of rotatable bonds is 1. The third-order valence-electron chi connectivity index (χ3n) is 3.05. The van der Waals surface area contributed by atoms with Crippen LogP contribution in [-0.2, 0) is 0 Å². The minimum atomic E-state index is -0.754. The Morgan fingerprint density at radius 1 is 1.55 bits per heavy atom. The highest BCUT2D eigenvalue weighted by molar-refractivity contribution is 9.10. The monoisotopic (exact) mass is 219 g/mol. The lowest BCUT2D eigenvalue weighted by Gasteiger charge is -2.22. The minimum absolute atomic E-state index is 0.142. The maximum atomic E-state index is 10.7. The predicted octanol–water partition coefficient (Wildman–Crippen LogP) is 2.17. The van der Waals surface area contributed by atoms with Crippen molar-refractivity contribution in [2.24, 2.45) is 11.8 Å². The van der Waals surface area contributed by atoms with Crippen LogP contribution in [0.3, 0.4) is 0 Å². The van der Waals surface area contributed by atoms with Crippen LogP contribution >= 0.6 is 15.9 Å². The van der Waals surface area contributed by atoms with Gasteiger partial charge in [0.15, 0.2) is 0 Å². The van der Waals surface area contributed by atoms with Crippen molar-refractivity contribution in [2.75, 3.05) is 0 Å². The molecular weight excluding hydrogens is 210 g/mol. The van der Waals surface area contributed by atoms with E-state index in [1.807, 2.05) is 0 Å². The van der Waals surface area contributed by atoms with Gasteiger partial charge in [0.25, 0.3) is 4.45 Å². The average Bonchev–Trinajstić information content (AvgIpc) is 2.45. The molecule has 0 N–H and O–H groups in total. The van der Waals surface area contributed by atoms with Crippen molar-refractivity contribution in [2.45, 2.75) is 30.1 Å². The number of halogens is 1. The molecule has 0 amide bonds. The molecule has 0 aromatic carbocycles. The van der Waals surface area contributed by atoms with Crippen LogP contribution in [-0.4, -0.2) is 9.37 Å². The fourth-order valence-corrected chi connectivity index (χ4v) is 3.33. The Morgan fingerprint density at radius 2 is 2.27 bits per heavy atom. The molecule has 3 unspecified atom stereocenters. The van der Waals surface area contributed by atoms with E-state index in [4.69, 9.17) is 0 Å². The summed E-state index contributed by atoms with van der Waals surface area (Å²) < 4.78 is -0.754. The Hall–Kier alpha value is -0.120. The summed E-state index contributed by atoms with van der Waals surface area (Å²) in [5, 5.41) is 10.7. The second kappa shape index (κ2) is 2.19. The first-order chi connectivity index (χ1) is 5.13. The van der Waals surface area contributed by atoms with Gasteiger partial charge >= 0.3 is 0 Å². The molecule has 2 saturated carbocycles. The van der Waals surface area contributed by atoms with Gasteiger partial charge in [0.1, 0.15) is 0 Å².